The van der Waals surface area contributed by atoms with Crippen LogP contribution in [0.5, 0.6) is 0 Å². The zero-order chi connectivity index (χ0) is 19.9. The van der Waals surface area contributed by atoms with E-state index < -0.39 is 0 Å². The lowest BCUT2D eigenvalue weighted by atomic mass is 9.80. The van der Waals surface area contributed by atoms with Gasteiger partial charge in [-0.15, -0.1) is 0 Å². The van der Waals surface area contributed by atoms with Gasteiger partial charge in [-0.3, -0.25) is 9.59 Å². The monoisotopic (exact) mass is 385 g/mol. The number of likely N-dealkylation sites (tertiary alicyclic amines) is 1. The molecular formula is C23H35N3O2. The molecule has 0 bridgehead atoms. The minimum atomic E-state index is 0.0212. The summed E-state index contributed by atoms with van der Waals surface area (Å²) in [5.74, 6) is 0.563. The molecule has 1 aliphatic carbocycles. The summed E-state index contributed by atoms with van der Waals surface area (Å²) in [6.45, 7) is 8.08. The molecule has 0 spiro atoms. The van der Waals surface area contributed by atoms with E-state index in [-0.39, 0.29) is 17.7 Å². The second kappa shape index (κ2) is 9.94. The van der Waals surface area contributed by atoms with Crippen molar-refractivity contribution in [1.82, 2.24) is 4.90 Å². The standard InChI is InChI=1S/C23H35N3O2/c1-3-25(4-2)21-14-12-20(13-15-21)24-22(27)18-8-10-19(11-9-18)23(28)26-16-6-5-7-17-26/h12-15,18-19H,3-11,16-17H2,1-2H3,(H,24,27). The van der Waals surface area contributed by atoms with Crippen LogP contribution in [0.1, 0.15) is 58.8 Å². The maximum atomic E-state index is 12.7. The Balaban J connectivity index is 1.48. The Morgan fingerprint density at radius 3 is 2.07 bits per heavy atom. The molecule has 3 rings (SSSR count). The maximum absolute atomic E-state index is 12.7. The van der Waals surface area contributed by atoms with Crippen LogP contribution in [-0.4, -0.2) is 42.9 Å². The van der Waals surface area contributed by atoms with Gasteiger partial charge in [-0.2, -0.15) is 0 Å². The van der Waals surface area contributed by atoms with Crippen LogP contribution in [0, 0.1) is 11.8 Å². The Hall–Kier alpha value is -2.04. The van der Waals surface area contributed by atoms with Gasteiger partial charge in [0.1, 0.15) is 0 Å². The molecule has 2 fully saturated rings. The highest BCUT2D eigenvalue weighted by atomic mass is 16.2. The van der Waals surface area contributed by atoms with Crippen LogP contribution < -0.4 is 10.2 Å². The Kier molecular flexibility index (Phi) is 7.35. The molecule has 5 nitrogen and oxygen atoms in total. The highest BCUT2D eigenvalue weighted by molar-refractivity contribution is 5.93. The molecule has 154 valence electrons. The average Bonchev–Trinajstić information content (AvgIpc) is 2.76. The van der Waals surface area contributed by atoms with Gasteiger partial charge in [-0.25, -0.2) is 0 Å². The number of hydrogen-bond acceptors (Lipinski definition) is 3. The van der Waals surface area contributed by atoms with Crippen molar-refractivity contribution in [2.45, 2.75) is 58.8 Å². The highest BCUT2D eigenvalue weighted by Gasteiger charge is 2.32. The van der Waals surface area contributed by atoms with Gasteiger partial charge in [0, 0.05) is 49.4 Å². The Labute approximate surface area is 169 Å². The quantitative estimate of drug-likeness (QED) is 0.795. The minimum Gasteiger partial charge on any atom is -0.372 e. The molecule has 1 aliphatic heterocycles. The summed E-state index contributed by atoms with van der Waals surface area (Å²) in [5.41, 5.74) is 2.03. The smallest absolute Gasteiger partial charge is 0.227 e. The van der Waals surface area contributed by atoms with E-state index in [0.717, 1.165) is 70.4 Å². The van der Waals surface area contributed by atoms with Gasteiger partial charge >= 0.3 is 0 Å². The van der Waals surface area contributed by atoms with Gasteiger partial charge in [0.25, 0.3) is 0 Å². The first-order valence-corrected chi connectivity index (χ1v) is 11.1. The van der Waals surface area contributed by atoms with Crippen LogP contribution in [0.2, 0.25) is 0 Å². The van der Waals surface area contributed by atoms with Gasteiger partial charge < -0.3 is 15.1 Å². The predicted molar refractivity (Wildman–Crippen MR) is 115 cm³/mol. The molecule has 1 saturated heterocycles. The first-order valence-electron chi connectivity index (χ1n) is 11.1. The van der Waals surface area contributed by atoms with Crippen LogP contribution in [0.15, 0.2) is 24.3 Å². The molecule has 28 heavy (non-hydrogen) atoms. The van der Waals surface area contributed by atoms with Gasteiger partial charge in [-0.05, 0) is 83.1 Å². The molecule has 1 saturated carbocycles. The predicted octanol–water partition coefficient (Wildman–Crippen LogP) is 4.29. The number of rotatable bonds is 6. The Bertz CT molecular complexity index is 640. The van der Waals surface area contributed by atoms with Crippen molar-refractivity contribution in [3.8, 4) is 0 Å². The third-order valence-corrected chi connectivity index (χ3v) is 6.38. The molecule has 2 amide bonds. The minimum absolute atomic E-state index is 0.0212. The second-order valence-electron chi connectivity index (χ2n) is 8.14. The summed E-state index contributed by atoms with van der Waals surface area (Å²) in [5, 5.41) is 3.07. The van der Waals surface area contributed by atoms with E-state index >= 15 is 0 Å². The molecule has 0 aromatic heterocycles. The van der Waals surface area contributed by atoms with E-state index in [1.807, 2.05) is 17.0 Å². The van der Waals surface area contributed by atoms with Crippen molar-refractivity contribution in [2.24, 2.45) is 11.8 Å². The Morgan fingerprint density at radius 2 is 1.50 bits per heavy atom. The maximum Gasteiger partial charge on any atom is 0.227 e. The van der Waals surface area contributed by atoms with Gasteiger partial charge in [0.15, 0.2) is 0 Å². The fourth-order valence-corrected chi connectivity index (χ4v) is 4.56. The van der Waals surface area contributed by atoms with E-state index in [2.05, 4.69) is 36.2 Å². The molecule has 1 aromatic rings. The van der Waals surface area contributed by atoms with E-state index in [1.165, 1.54) is 12.1 Å². The topological polar surface area (TPSA) is 52.7 Å². The lowest BCUT2D eigenvalue weighted by Gasteiger charge is -2.33. The number of carbonyl (C=O) groups excluding carboxylic acids is 2. The number of nitrogens with zero attached hydrogens (tertiary/aromatic N) is 2. The van der Waals surface area contributed by atoms with Crippen molar-refractivity contribution in [2.75, 3.05) is 36.4 Å². The average molecular weight is 386 g/mol. The van der Waals surface area contributed by atoms with Gasteiger partial charge in [0.2, 0.25) is 11.8 Å². The van der Waals surface area contributed by atoms with Crippen molar-refractivity contribution in [3.05, 3.63) is 24.3 Å². The zero-order valence-electron chi connectivity index (χ0n) is 17.5. The summed E-state index contributed by atoms with van der Waals surface area (Å²) >= 11 is 0. The normalized spacial score (nSPS) is 22.6. The van der Waals surface area contributed by atoms with Gasteiger partial charge in [0.05, 0.1) is 0 Å². The van der Waals surface area contributed by atoms with E-state index in [1.54, 1.807) is 0 Å². The SMILES string of the molecule is CCN(CC)c1ccc(NC(=O)C2CCC(C(=O)N3CCCCC3)CC2)cc1. The zero-order valence-corrected chi connectivity index (χ0v) is 17.5. The summed E-state index contributed by atoms with van der Waals surface area (Å²) in [7, 11) is 0. The summed E-state index contributed by atoms with van der Waals surface area (Å²) in [6.07, 6.45) is 6.82. The number of carbonyl (C=O) groups is 2. The number of benzene rings is 1. The highest BCUT2D eigenvalue weighted by Crippen LogP contribution is 2.31. The van der Waals surface area contributed by atoms with E-state index in [4.69, 9.17) is 0 Å². The third-order valence-electron chi connectivity index (χ3n) is 6.38. The van der Waals surface area contributed by atoms with E-state index in [9.17, 15) is 9.59 Å². The molecule has 1 aromatic carbocycles. The van der Waals surface area contributed by atoms with Crippen molar-refractivity contribution in [3.63, 3.8) is 0 Å². The lowest BCUT2D eigenvalue weighted by Crippen LogP contribution is -2.41. The number of amides is 2. The number of anilines is 2. The summed E-state index contributed by atoms with van der Waals surface area (Å²) in [6, 6.07) is 8.10. The summed E-state index contributed by atoms with van der Waals surface area (Å²) in [4.78, 5) is 29.7. The molecule has 1 N–H and O–H groups in total. The lowest BCUT2D eigenvalue weighted by molar-refractivity contribution is -0.138. The molecule has 0 atom stereocenters. The fraction of sp³-hybridized carbons (Fsp3) is 0.652. The number of piperidine rings is 1. The second-order valence-corrected chi connectivity index (χ2v) is 8.14. The largest absolute Gasteiger partial charge is 0.372 e. The van der Waals surface area contributed by atoms with Gasteiger partial charge in [-0.1, -0.05) is 0 Å². The fourth-order valence-electron chi connectivity index (χ4n) is 4.56. The first kappa shape index (κ1) is 20.7. The van der Waals surface area contributed by atoms with Crippen LogP contribution in [0.4, 0.5) is 11.4 Å². The first-order chi connectivity index (χ1) is 13.6. The van der Waals surface area contributed by atoms with Crippen LogP contribution in [-0.2, 0) is 9.59 Å². The van der Waals surface area contributed by atoms with Crippen LogP contribution >= 0.6 is 0 Å². The summed E-state index contributed by atoms with van der Waals surface area (Å²) < 4.78 is 0. The Morgan fingerprint density at radius 1 is 0.929 bits per heavy atom. The van der Waals surface area contributed by atoms with Crippen molar-refractivity contribution < 1.29 is 9.59 Å². The van der Waals surface area contributed by atoms with Crippen LogP contribution in [0.25, 0.3) is 0 Å². The molecule has 5 heteroatoms. The number of nitrogens with one attached hydrogen (secondary N) is 1. The molecule has 1 heterocycles. The van der Waals surface area contributed by atoms with Crippen molar-refractivity contribution in [1.29, 1.82) is 0 Å². The van der Waals surface area contributed by atoms with E-state index in [0.29, 0.717) is 5.91 Å². The van der Waals surface area contributed by atoms with Crippen molar-refractivity contribution >= 4 is 23.2 Å². The van der Waals surface area contributed by atoms with Crippen LogP contribution in [0.3, 0.4) is 0 Å². The molecule has 0 radical (unpaired) electrons. The molecule has 0 unspecified atom stereocenters. The molecular weight excluding hydrogens is 350 g/mol. The number of hydrogen-bond donors (Lipinski definition) is 1. The third kappa shape index (κ3) is 5.06. The molecule has 2 aliphatic rings.